The minimum atomic E-state index is -0.0359. The molecule has 0 saturated heterocycles. The zero-order valence-corrected chi connectivity index (χ0v) is 13.2. The van der Waals surface area contributed by atoms with Gasteiger partial charge in [0.2, 0.25) is 0 Å². The minimum Gasteiger partial charge on any atom is -0.373 e. The largest absolute Gasteiger partial charge is 0.373 e. The van der Waals surface area contributed by atoms with Gasteiger partial charge in [0, 0.05) is 31.6 Å². The van der Waals surface area contributed by atoms with Gasteiger partial charge in [-0.15, -0.1) is 0 Å². The van der Waals surface area contributed by atoms with Gasteiger partial charge in [-0.3, -0.25) is 0 Å². The molecule has 0 saturated carbocycles. The lowest BCUT2D eigenvalue weighted by atomic mass is 9.96. The van der Waals surface area contributed by atoms with E-state index in [2.05, 4.69) is 49.8 Å². The molecule has 4 heteroatoms. The molecule has 1 aromatic heterocycles. The summed E-state index contributed by atoms with van der Waals surface area (Å²) in [5.41, 5.74) is -0.0359. The molecule has 1 rings (SSSR count). The summed E-state index contributed by atoms with van der Waals surface area (Å²) in [5.74, 6) is 2.81. The first-order valence-corrected chi connectivity index (χ1v) is 7.24. The second-order valence-corrected chi connectivity index (χ2v) is 5.87. The summed E-state index contributed by atoms with van der Waals surface area (Å²) in [6, 6.07) is 2.04. The van der Waals surface area contributed by atoms with Crippen molar-refractivity contribution >= 4 is 11.6 Å². The number of nitrogens with zero attached hydrogens (tertiary/aromatic N) is 3. The molecule has 19 heavy (non-hydrogen) atoms. The van der Waals surface area contributed by atoms with E-state index in [0.717, 1.165) is 30.5 Å². The predicted octanol–water partition coefficient (Wildman–Crippen LogP) is 3.44. The normalized spacial score (nSPS) is 11.5. The Balaban J connectivity index is 3.11. The summed E-state index contributed by atoms with van der Waals surface area (Å²) in [4.78, 5) is 11.6. The van der Waals surface area contributed by atoms with Crippen LogP contribution in [0.4, 0.5) is 11.6 Å². The van der Waals surface area contributed by atoms with Crippen LogP contribution in [0.25, 0.3) is 0 Å². The first-order chi connectivity index (χ1) is 8.92. The maximum absolute atomic E-state index is 4.75. The van der Waals surface area contributed by atoms with Crippen LogP contribution in [0.15, 0.2) is 6.07 Å². The lowest BCUT2D eigenvalue weighted by molar-refractivity contribution is 0.544. The molecule has 0 aliphatic rings. The molecule has 0 fully saturated rings. The van der Waals surface area contributed by atoms with E-state index < -0.39 is 0 Å². The molecule has 1 N–H and O–H groups in total. The van der Waals surface area contributed by atoms with Gasteiger partial charge in [0.1, 0.15) is 17.5 Å². The molecule has 0 atom stereocenters. The smallest absolute Gasteiger partial charge is 0.138 e. The van der Waals surface area contributed by atoms with Crippen molar-refractivity contribution in [3.05, 3.63) is 11.9 Å². The third-order valence-electron chi connectivity index (χ3n) is 3.13. The molecular formula is C15H28N4. The summed E-state index contributed by atoms with van der Waals surface area (Å²) in [6.45, 7) is 12.9. The van der Waals surface area contributed by atoms with E-state index in [9.17, 15) is 0 Å². The molecule has 0 aliphatic carbocycles. The minimum absolute atomic E-state index is 0.0359. The maximum atomic E-state index is 4.75. The summed E-state index contributed by atoms with van der Waals surface area (Å²) in [6.07, 6.45) is 2.39. The molecule has 0 unspecified atom stereocenters. The van der Waals surface area contributed by atoms with Gasteiger partial charge in [-0.1, -0.05) is 34.1 Å². The van der Waals surface area contributed by atoms with Gasteiger partial charge in [-0.05, 0) is 13.3 Å². The Bertz CT molecular complexity index is 396. The van der Waals surface area contributed by atoms with Crippen LogP contribution in [0.3, 0.4) is 0 Å². The molecule has 1 aromatic rings. The predicted molar refractivity (Wildman–Crippen MR) is 83.1 cm³/mol. The SMILES string of the molecule is CCCCN(CC)c1cc(NC)nc(C(C)(C)C)n1. The van der Waals surface area contributed by atoms with Crippen molar-refractivity contribution in [2.75, 3.05) is 30.4 Å². The van der Waals surface area contributed by atoms with Crippen LogP contribution in [0.1, 0.15) is 53.3 Å². The van der Waals surface area contributed by atoms with Crippen LogP contribution in [-0.2, 0) is 5.41 Å². The van der Waals surface area contributed by atoms with Gasteiger partial charge in [-0.25, -0.2) is 9.97 Å². The average Bonchev–Trinajstić information content (AvgIpc) is 2.38. The Morgan fingerprint density at radius 2 is 1.89 bits per heavy atom. The van der Waals surface area contributed by atoms with Crippen molar-refractivity contribution in [3.8, 4) is 0 Å². The highest BCUT2D eigenvalue weighted by Crippen LogP contribution is 2.24. The van der Waals surface area contributed by atoms with E-state index in [-0.39, 0.29) is 5.41 Å². The van der Waals surface area contributed by atoms with Gasteiger partial charge < -0.3 is 10.2 Å². The highest BCUT2D eigenvalue weighted by molar-refractivity contribution is 5.49. The molecule has 4 nitrogen and oxygen atoms in total. The Labute approximate surface area is 117 Å². The summed E-state index contributed by atoms with van der Waals surface area (Å²) in [5, 5.41) is 3.14. The molecule has 0 aromatic carbocycles. The molecule has 0 spiro atoms. The zero-order chi connectivity index (χ0) is 14.5. The number of aromatic nitrogens is 2. The van der Waals surface area contributed by atoms with Crippen LogP contribution in [0.5, 0.6) is 0 Å². The number of unbranched alkanes of at least 4 members (excludes halogenated alkanes) is 1. The van der Waals surface area contributed by atoms with Crippen LogP contribution < -0.4 is 10.2 Å². The first-order valence-electron chi connectivity index (χ1n) is 7.24. The van der Waals surface area contributed by atoms with Gasteiger partial charge in [0.05, 0.1) is 0 Å². The van der Waals surface area contributed by atoms with Gasteiger partial charge in [0.15, 0.2) is 0 Å². The number of nitrogens with one attached hydrogen (secondary N) is 1. The molecular weight excluding hydrogens is 236 g/mol. The maximum Gasteiger partial charge on any atom is 0.138 e. The van der Waals surface area contributed by atoms with Crippen molar-refractivity contribution in [2.45, 2.75) is 52.9 Å². The van der Waals surface area contributed by atoms with E-state index in [0.29, 0.717) is 0 Å². The van der Waals surface area contributed by atoms with Crippen LogP contribution in [0, 0.1) is 0 Å². The first kappa shape index (κ1) is 15.7. The zero-order valence-electron chi connectivity index (χ0n) is 13.2. The van der Waals surface area contributed by atoms with E-state index >= 15 is 0 Å². The number of hydrogen-bond acceptors (Lipinski definition) is 4. The van der Waals surface area contributed by atoms with Crippen molar-refractivity contribution in [1.29, 1.82) is 0 Å². The van der Waals surface area contributed by atoms with Crippen molar-refractivity contribution in [2.24, 2.45) is 0 Å². The van der Waals surface area contributed by atoms with Crippen LogP contribution in [-0.4, -0.2) is 30.1 Å². The van der Waals surface area contributed by atoms with E-state index in [1.807, 2.05) is 13.1 Å². The molecule has 0 aliphatic heterocycles. The van der Waals surface area contributed by atoms with Gasteiger partial charge in [-0.2, -0.15) is 0 Å². The average molecular weight is 264 g/mol. The lowest BCUT2D eigenvalue weighted by Gasteiger charge is -2.25. The Hall–Kier alpha value is -1.32. The molecule has 0 amide bonds. The number of rotatable bonds is 6. The third-order valence-corrected chi connectivity index (χ3v) is 3.13. The van der Waals surface area contributed by atoms with Gasteiger partial charge in [0.25, 0.3) is 0 Å². The quantitative estimate of drug-likeness (QED) is 0.854. The standard InChI is InChI=1S/C15H28N4/c1-7-9-10-19(8-2)13-11-12(16-6)17-14(18-13)15(3,4)5/h11H,7-10H2,1-6H3,(H,16,17,18). The van der Waals surface area contributed by atoms with E-state index in [1.54, 1.807) is 0 Å². The Morgan fingerprint density at radius 3 is 2.37 bits per heavy atom. The Kier molecular flexibility index (Phi) is 5.58. The second kappa shape index (κ2) is 6.73. The van der Waals surface area contributed by atoms with Crippen LogP contribution >= 0.6 is 0 Å². The third kappa shape index (κ3) is 4.37. The fourth-order valence-electron chi connectivity index (χ4n) is 1.84. The topological polar surface area (TPSA) is 41.0 Å². The fourth-order valence-corrected chi connectivity index (χ4v) is 1.84. The monoisotopic (exact) mass is 264 g/mol. The fraction of sp³-hybridized carbons (Fsp3) is 0.733. The number of anilines is 2. The van der Waals surface area contributed by atoms with Crippen molar-refractivity contribution in [1.82, 2.24) is 9.97 Å². The molecule has 108 valence electrons. The summed E-state index contributed by atoms with van der Waals surface area (Å²) in [7, 11) is 1.90. The highest BCUT2D eigenvalue weighted by Gasteiger charge is 2.20. The summed E-state index contributed by atoms with van der Waals surface area (Å²) >= 11 is 0. The summed E-state index contributed by atoms with van der Waals surface area (Å²) < 4.78 is 0. The second-order valence-electron chi connectivity index (χ2n) is 5.87. The Morgan fingerprint density at radius 1 is 1.21 bits per heavy atom. The van der Waals surface area contributed by atoms with E-state index in [1.165, 1.54) is 12.8 Å². The molecule has 0 radical (unpaired) electrons. The van der Waals surface area contributed by atoms with Crippen molar-refractivity contribution in [3.63, 3.8) is 0 Å². The lowest BCUT2D eigenvalue weighted by Crippen LogP contribution is -2.27. The number of hydrogen-bond donors (Lipinski definition) is 1. The van der Waals surface area contributed by atoms with Crippen LogP contribution in [0.2, 0.25) is 0 Å². The van der Waals surface area contributed by atoms with Gasteiger partial charge >= 0.3 is 0 Å². The van der Waals surface area contributed by atoms with Crippen molar-refractivity contribution < 1.29 is 0 Å². The molecule has 0 bridgehead atoms. The van der Waals surface area contributed by atoms with E-state index in [4.69, 9.17) is 4.98 Å². The molecule has 1 heterocycles. The highest BCUT2D eigenvalue weighted by atomic mass is 15.2.